The molecular weight excluding hydrogens is 424 g/mol. The number of nitrogens with one attached hydrogen (secondary N) is 1. The number of nitrogens with zero attached hydrogens (tertiary/aromatic N) is 3. The molecule has 9 nitrogen and oxygen atoms in total. The molecule has 33 heavy (non-hydrogen) atoms. The highest BCUT2D eigenvalue weighted by molar-refractivity contribution is 6.00. The van der Waals surface area contributed by atoms with Crippen molar-refractivity contribution in [3.05, 3.63) is 40.3 Å². The summed E-state index contributed by atoms with van der Waals surface area (Å²) < 4.78 is 8.61. The zero-order valence-electron chi connectivity index (χ0n) is 19.5. The molecule has 1 N–H and O–H groups in total. The lowest BCUT2D eigenvalue weighted by Gasteiger charge is -2.29. The number of imidazole rings is 1. The standard InChI is InChI=1S/C24H30N4O5/c1-5-27-19-14-16(15-10-12-26(13-11-15)23(32)33-24(2,3)4)6-7-17(19)28(22(27)31)18-8-9-20(29)25-21(18)30/h6-7,10,14,18H,5,8-9,11-13H2,1-4H3,(H,25,29,30). The van der Waals surface area contributed by atoms with Gasteiger partial charge in [0.15, 0.2) is 0 Å². The smallest absolute Gasteiger partial charge is 0.410 e. The summed E-state index contributed by atoms with van der Waals surface area (Å²) in [6.07, 6.45) is 2.88. The van der Waals surface area contributed by atoms with E-state index in [1.807, 2.05) is 52.0 Å². The Bertz CT molecular complexity index is 1210. The van der Waals surface area contributed by atoms with Gasteiger partial charge in [-0.1, -0.05) is 12.1 Å². The van der Waals surface area contributed by atoms with E-state index in [0.29, 0.717) is 38.0 Å². The van der Waals surface area contributed by atoms with Gasteiger partial charge in [-0.05, 0) is 63.8 Å². The molecule has 4 rings (SSSR count). The lowest BCUT2D eigenvalue weighted by molar-refractivity contribution is -0.135. The number of hydrogen-bond donors (Lipinski definition) is 1. The van der Waals surface area contributed by atoms with Crippen LogP contribution >= 0.6 is 0 Å². The van der Waals surface area contributed by atoms with Crippen LogP contribution in [0.2, 0.25) is 0 Å². The van der Waals surface area contributed by atoms with Crippen molar-refractivity contribution in [1.29, 1.82) is 0 Å². The number of imide groups is 1. The van der Waals surface area contributed by atoms with Gasteiger partial charge in [-0.25, -0.2) is 9.59 Å². The van der Waals surface area contributed by atoms with Crippen LogP contribution in [0.1, 0.15) is 58.6 Å². The van der Waals surface area contributed by atoms with Crippen LogP contribution in [-0.4, -0.2) is 50.6 Å². The third kappa shape index (κ3) is 4.44. The van der Waals surface area contributed by atoms with E-state index in [2.05, 4.69) is 5.32 Å². The van der Waals surface area contributed by atoms with E-state index in [1.165, 1.54) is 4.57 Å². The quantitative estimate of drug-likeness (QED) is 0.719. The first-order valence-electron chi connectivity index (χ1n) is 11.3. The maximum Gasteiger partial charge on any atom is 0.410 e. The Morgan fingerprint density at radius 2 is 1.91 bits per heavy atom. The van der Waals surface area contributed by atoms with Crippen molar-refractivity contribution < 1.29 is 19.1 Å². The number of fused-ring (bicyclic) bond motifs is 1. The average molecular weight is 455 g/mol. The first-order valence-corrected chi connectivity index (χ1v) is 11.3. The third-order valence-corrected chi connectivity index (χ3v) is 6.03. The molecule has 0 radical (unpaired) electrons. The molecular formula is C24H30N4O5. The molecule has 0 aliphatic carbocycles. The predicted molar refractivity (Wildman–Crippen MR) is 124 cm³/mol. The number of hydrogen-bond acceptors (Lipinski definition) is 5. The van der Waals surface area contributed by atoms with Crippen molar-refractivity contribution in [2.24, 2.45) is 0 Å². The van der Waals surface area contributed by atoms with Gasteiger partial charge in [0.25, 0.3) is 0 Å². The van der Waals surface area contributed by atoms with Gasteiger partial charge >= 0.3 is 11.8 Å². The van der Waals surface area contributed by atoms with Crippen LogP contribution in [0.4, 0.5) is 4.79 Å². The van der Waals surface area contributed by atoms with E-state index in [-0.39, 0.29) is 24.1 Å². The van der Waals surface area contributed by atoms with Crippen LogP contribution in [0.5, 0.6) is 0 Å². The fraction of sp³-hybridized carbons (Fsp3) is 0.500. The van der Waals surface area contributed by atoms with E-state index in [9.17, 15) is 19.2 Å². The van der Waals surface area contributed by atoms with Crippen LogP contribution in [0.3, 0.4) is 0 Å². The molecule has 1 saturated heterocycles. The third-order valence-electron chi connectivity index (χ3n) is 6.03. The summed E-state index contributed by atoms with van der Waals surface area (Å²) in [5, 5.41) is 2.34. The zero-order valence-corrected chi connectivity index (χ0v) is 19.5. The SMILES string of the molecule is CCn1c(=O)n(C2CCC(=O)NC2=O)c2ccc(C3=CCN(C(=O)OC(C)(C)C)CC3)cc21. The number of piperidine rings is 1. The highest BCUT2D eigenvalue weighted by atomic mass is 16.6. The largest absolute Gasteiger partial charge is 0.444 e. The molecule has 2 aliphatic rings. The van der Waals surface area contributed by atoms with Crippen molar-refractivity contribution in [1.82, 2.24) is 19.4 Å². The number of aryl methyl sites for hydroxylation is 1. The number of benzene rings is 1. The maximum atomic E-state index is 13.2. The van der Waals surface area contributed by atoms with Crippen molar-refractivity contribution in [3.63, 3.8) is 0 Å². The number of aromatic nitrogens is 2. The first kappa shape index (κ1) is 22.8. The molecule has 3 amide bonds. The molecule has 1 fully saturated rings. The van der Waals surface area contributed by atoms with Crippen LogP contribution in [0.25, 0.3) is 16.6 Å². The van der Waals surface area contributed by atoms with E-state index in [4.69, 9.17) is 4.74 Å². The Morgan fingerprint density at radius 1 is 1.15 bits per heavy atom. The Balaban J connectivity index is 1.64. The summed E-state index contributed by atoms with van der Waals surface area (Å²) in [7, 11) is 0. The Morgan fingerprint density at radius 3 is 2.52 bits per heavy atom. The highest BCUT2D eigenvalue weighted by Gasteiger charge is 2.31. The number of rotatable bonds is 3. The van der Waals surface area contributed by atoms with Crippen LogP contribution in [0.15, 0.2) is 29.1 Å². The minimum Gasteiger partial charge on any atom is -0.444 e. The maximum absolute atomic E-state index is 13.2. The molecule has 0 spiro atoms. The summed E-state index contributed by atoms with van der Waals surface area (Å²) in [5.74, 6) is -0.750. The minimum absolute atomic E-state index is 0.209. The van der Waals surface area contributed by atoms with Crippen molar-refractivity contribution in [3.8, 4) is 0 Å². The number of ether oxygens (including phenoxy) is 1. The van der Waals surface area contributed by atoms with Gasteiger partial charge < -0.3 is 9.64 Å². The van der Waals surface area contributed by atoms with Crippen LogP contribution < -0.4 is 11.0 Å². The first-order chi connectivity index (χ1) is 15.6. The lowest BCUT2D eigenvalue weighted by Crippen LogP contribution is -2.44. The molecule has 9 heteroatoms. The fourth-order valence-electron chi connectivity index (χ4n) is 4.44. The van der Waals surface area contributed by atoms with Crippen LogP contribution in [0, 0.1) is 0 Å². The molecule has 0 bridgehead atoms. The fourth-order valence-corrected chi connectivity index (χ4v) is 4.44. The summed E-state index contributed by atoms with van der Waals surface area (Å²) in [5.41, 5.74) is 2.71. The second-order valence-corrected chi connectivity index (χ2v) is 9.47. The molecule has 1 aromatic heterocycles. The Labute approximate surface area is 192 Å². The summed E-state index contributed by atoms with van der Waals surface area (Å²) in [6.45, 7) is 8.90. The molecule has 176 valence electrons. The normalized spacial score (nSPS) is 19.5. The van der Waals surface area contributed by atoms with Gasteiger partial charge in [0.2, 0.25) is 11.8 Å². The second-order valence-electron chi connectivity index (χ2n) is 9.47. The van der Waals surface area contributed by atoms with E-state index in [1.54, 1.807) is 9.47 Å². The molecule has 1 atom stereocenters. The van der Waals surface area contributed by atoms with Gasteiger partial charge in [-0.3, -0.25) is 24.0 Å². The molecule has 2 aromatic rings. The van der Waals surface area contributed by atoms with E-state index < -0.39 is 17.6 Å². The van der Waals surface area contributed by atoms with Crippen molar-refractivity contribution >= 4 is 34.5 Å². The van der Waals surface area contributed by atoms with Crippen molar-refractivity contribution in [2.45, 2.75) is 65.1 Å². The second kappa shape index (κ2) is 8.53. The van der Waals surface area contributed by atoms with Gasteiger partial charge in [0, 0.05) is 26.1 Å². The Kier molecular flexibility index (Phi) is 5.90. The summed E-state index contributed by atoms with van der Waals surface area (Å²) in [4.78, 5) is 51.1. The summed E-state index contributed by atoms with van der Waals surface area (Å²) in [6, 6.07) is 5.08. The Hall–Kier alpha value is -3.36. The number of amides is 3. The van der Waals surface area contributed by atoms with Gasteiger partial charge in [-0.15, -0.1) is 0 Å². The monoisotopic (exact) mass is 454 g/mol. The average Bonchev–Trinajstić information content (AvgIpc) is 3.03. The van der Waals surface area contributed by atoms with Crippen LogP contribution in [-0.2, 0) is 20.9 Å². The highest BCUT2D eigenvalue weighted by Crippen LogP contribution is 2.29. The minimum atomic E-state index is -0.701. The molecule has 0 saturated carbocycles. The van der Waals surface area contributed by atoms with Gasteiger partial charge in [0.1, 0.15) is 11.6 Å². The topological polar surface area (TPSA) is 103 Å². The molecule has 2 aliphatic heterocycles. The number of carbonyl (C=O) groups is 3. The lowest BCUT2D eigenvalue weighted by atomic mass is 9.99. The summed E-state index contributed by atoms with van der Waals surface area (Å²) >= 11 is 0. The molecule has 1 unspecified atom stereocenters. The van der Waals surface area contributed by atoms with Gasteiger partial charge in [-0.2, -0.15) is 0 Å². The van der Waals surface area contributed by atoms with E-state index >= 15 is 0 Å². The molecule has 1 aromatic carbocycles. The predicted octanol–water partition coefficient (Wildman–Crippen LogP) is 2.82. The zero-order chi connectivity index (χ0) is 23.9. The number of carbonyl (C=O) groups excluding carboxylic acids is 3. The molecule has 3 heterocycles. The van der Waals surface area contributed by atoms with E-state index in [0.717, 1.165) is 16.7 Å². The van der Waals surface area contributed by atoms with Crippen molar-refractivity contribution in [2.75, 3.05) is 13.1 Å². The van der Waals surface area contributed by atoms with Gasteiger partial charge in [0.05, 0.1) is 11.0 Å².